The van der Waals surface area contributed by atoms with Crippen LogP contribution >= 0.6 is 0 Å². The van der Waals surface area contributed by atoms with Crippen molar-refractivity contribution >= 4 is 11.6 Å². The lowest BCUT2D eigenvalue weighted by atomic mass is 10.1. The maximum Gasteiger partial charge on any atom is 0.273 e. The Morgan fingerprint density at radius 3 is 2.82 bits per heavy atom. The van der Waals surface area contributed by atoms with Crippen LogP contribution in [0.1, 0.15) is 49.8 Å². The van der Waals surface area contributed by atoms with Gasteiger partial charge in [-0.15, -0.1) is 0 Å². The van der Waals surface area contributed by atoms with Crippen LogP contribution in [0.15, 0.2) is 0 Å². The molecule has 1 rings (SSSR count). The average molecular weight is 238 g/mol. The number of rotatable bonds is 6. The third-order valence-electron chi connectivity index (χ3n) is 2.91. The SMILES string of the molecule is CCCc1[nH]nc(C(=O)NCC(C)CC)c1N. The van der Waals surface area contributed by atoms with E-state index in [0.29, 0.717) is 23.8 Å². The van der Waals surface area contributed by atoms with Gasteiger partial charge in [0.2, 0.25) is 0 Å². The third-order valence-corrected chi connectivity index (χ3v) is 2.91. The van der Waals surface area contributed by atoms with E-state index in [0.717, 1.165) is 25.0 Å². The van der Waals surface area contributed by atoms with Gasteiger partial charge in [-0.3, -0.25) is 9.89 Å². The summed E-state index contributed by atoms with van der Waals surface area (Å²) in [5.41, 5.74) is 7.52. The van der Waals surface area contributed by atoms with E-state index in [1.54, 1.807) is 0 Å². The fourth-order valence-electron chi connectivity index (χ4n) is 1.50. The number of anilines is 1. The first-order valence-corrected chi connectivity index (χ1v) is 6.21. The van der Waals surface area contributed by atoms with Crippen molar-refractivity contribution in [1.29, 1.82) is 0 Å². The van der Waals surface area contributed by atoms with E-state index in [9.17, 15) is 4.79 Å². The summed E-state index contributed by atoms with van der Waals surface area (Å²) in [4.78, 5) is 11.8. The molecule has 1 aromatic rings. The molecule has 17 heavy (non-hydrogen) atoms. The Morgan fingerprint density at radius 2 is 2.24 bits per heavy atom. The van der Waals surface area contributed by atoms with Crippen LogP contribution in [0, 0.1) is 5.92 Å². The number of nitrogens with two attached hydrogens (primary N) is 1. The molecule has 0 radical (unpaired) electrons. The number of nitrogen functional groups attached to an aromatic ring is 1. The number of nitrogens with zero attached hydrogens (tertiary/aromatic N) is 1. The molecule has 0 aliphatic rings. The summed E-state index contributed by atoms with van der Waals surface area (Å²) in [6.45, 7) is 6.91. The normalized spacial score (nSPS) is 12.4. The van der Waals surface area contributed by atoms with Crippen LogP contribution in [0.4, 0.5) is 5.69 Å². The smallest absolute Gasteiger partial charge is 0.273 e. The molecule has 0 bridgehead atoms. The van der Waals surface area contributed by atoms with Crippen molar-refractivity contribution < 1.29 is 4.79 Å². The number of hydrogen-bond acceptors (Lipinski definition) is 3. The minimum Gasteiger partial charge on any atom is -0.395 e. The van der Waals surface area contributed by atoms with Gasteiger partial charge in [0.1, 0.15) is 0 Å². The number of aromatic nitrogens is 2. The van der Waals surface area contributed by atoms with Gasteiger partial charge in [-0.25, -0.2) is 0 Å². The van der Waals surface area contributed by atoms with E-state index in [-0.39, 0.29) is 5.91 Å². The van der Waals surface area contributed by atoms with Crippen molar-refractivity contribution in [3.63, 3.8) is 0 Å². The maximum absolute atomic E-state index is 11.8. The molecule has 1 amide bonds. The van der Waals surface area contributed by atoms with Gasteiger partial charge in [-0.2, -0.15) is 5.10 Å². The molecule has 0 aliphatic heterocycles. The summed E-state index contributed by atoms with van der Waals surface area (Å²) in [6, 6.07) is 0. The summed E-state index contributed by atoms with van der Waals surface area (Å²) in [5, 5.41) is 9.64. The molecule has 0 saturated carbocycles. The molecule has 4 N–H and O–H groups in total. The van der Waals surface area contributed by atoms with Crippen LogP contribution in [-0.2, 0) is 6.42 Å². The predicted octanol–water partition coefficient (Wildman–Crippen LogP) is 1.72. The lowest BCUT2D eigenvalue weighted by Gasteiger charge is -2.09. The van der Waals surface area contributed by atoms with Gasteiger partial charge in [-0.1, -0.05) is 33.6 Å². The van der Waals surface area contributed by atoms with Crippen LogP contribution in [0.25, 0.3) is 0 Å². The zero-order valence-corrected chi connectivity index (χ0v) is 10.8. The molecule has 0 aromatic carbocycles. The van der Waals surface area contributed by atoms with E-state index in [4.69, 9.17) is 5.73 Å². The van der Waals surface area contributed by atoms with E-state index >= 15 is 0 Å². The second-order valence-corrected chi connectivity index (χ2v) is 4.44. The van der Waals surface area contributed by atoms with Crippen molar-refractivity contribution in [2.45, 2.75) is 40.0 Å². The molecule has 1 aromatic heterocycles. The average Bonchev–Trinajstić information content (AvgIpc) is 2.68. The molecule has 0 saturated heterocycles. The largest absolute Gasteiger partial charge is 0.395 e. The highest BCUT2D eigenvalue weighted by Crippen LogP contribution is 2.15. The Balaban J connectivity index is 2.63. The number of nitrogens with one attached hydrogen (secondary N) is 2. The molecule has 1 unspecified atom stereocenters. The number of carbonyl (C=O) groups is 1. The molecule has 5 heteroatoms. The number of aromatic amines is 1. The van der Waals surface area contributed by atoms with Gasteiger partial charge in [0, 0.05) is 6.54 Å². The van der Waals surface area contributed by atoms with Crippen molar-refractivity contribution in [2.75, 3.05) is 12.3 Å². The lowest BCUT2D eigenvalue weighted by Crippen LogP contribution is -2.28. The maximum atomic E-state index is 11.8. The number of aryl methyl sites for hydroxylation is 1. The monoisotopic (exact) mass is 238 g/mol. The van der Waals surface area contributed by atoms with Crippen LogP contribution in [0.2, 0.25) is 0 Å². The minimum absolute atomic E-state index is 0.193. The molecule has 0 spiro atoms. The first-order chi connectivity index (χ1) is 8.10. The topological polar surface area (TPSA) is 83.8 Å². The van der Waals surface area contributed by atoms with Crippen LogP contribution in [0.3, 0.4) is 0 Å². The highest BCUT2D eigenvalue weighted by molar-refractivity contribution is 5.97. The summed E-state index contributed by atoms with van der Waals surface area (Å²) in [5.74, 6) is 0.274. The van der Waals surface area contributed by atoms with Crippen molar-refractivity contribution in [3.8, 4) is 0 Å². The zero-order chi connectivity index (χ0) is 12.8. The molecule has 0 aliphatic carbocycles. The summed E-state index contributed by atoms with van der Waals surface area (Å²) in [6.07, 6.45) is 2.83. The van der Waals surface area contributed by atoms with Gasteiger partial charge >= 0.3 is 0 Å². The Hall–Kier alpha value is -1.52. The Morgan fingerprint density at radius 1 is 1.53 bits per heavy atom. The highest BCUT2D eigenvalue weighted by Gasteiger charge is 2.16. The molecule has 1 heterocycles. The van der Waals surface area contributed by atoms with Gasteiger partial charge in [-0.05, 0) is 12.3 Å². The number of amides is 1. The zero-order valence-electron chi connectivity index (χ0n) is 10.8. The van der Waals surface area contributed by atoms with Gasteiger partial charge in [0.25, 0.3) is 5.91 Å². The Bertz CT molecular complexity index is 373. The second kappa shape index (κ2) is 6.27. The van der Waals surface area contributed by atoms with Crippen LogP contribution in [-0.4, -0.2) is 22.6 Å². The van der Waals surface area contributed by atoms with Crippen LogP contribution < -0.4 is 11.1 Å². The third kappa shape index (κ3) is 3.47. The molecule has 5 nitrogen and oxygen atoms in total. The summed E-state index contributed by atoms with van der Waals surface area (Å²) >= 11 is 0. The second-order valence-electron chi connectivity index (χ2n) is 4.44. The van der Waals surface area contributed by atoms with Gasteiger partial charge in [0.05, 0.1) is 11.4 Å². The Kier molecular flexibility index (Phi) is 5.00. The Labute approximate surface area is 102 Å². The molecular formula is C12H22N4O. The molecule has 0 fully saturated rings. The number of carbonyl (C=O) groups excluding carboxylic acids is 1. The van der Waals surface area contributed by atoms with Gasteiger partial charge < -0.3 is 11.1 Å². The van der Waals surface area contributed by atoms with E-state index in [2.05, 4.69) is 36.3 Å². The first-order valence-electron chi connectivity index (χ1n) is 6.21. The standard InChI is InChI=1S/C12H22N4O/c1-4-6-9-10(13)11(16-15-9)12(17)14-7-8(3)5-2/h8H,4-7,13H2,1-3H3,(H,14,17)(H,15,16). The molecular weight excluding hydrogens is 216 g/mol. The van der Waals surface area contributed by atoms with Crippen molar-refractivity contribution in [3.05, 3.63) is 11.4 Å². The van der Waals surface area contributed by atoms with Crippen LogP contribution in [0.5, 0.6) is 0 Å². The van der Waals surface area contributed by atoms with E-state index in [1.165, 1.54) is 0 Å². The highest BCUT2D eigenvalue weighted by atomic mass is 16.1. The molecule has 96 valence electrons. The van der Waals surface area contributed by atoms with E-state index in [1.807, 2.05) is 0 Å². The number of hydrogen-bond donors (Lipinski definition) is 3. The fraction of sp³-hybridized carbons (Fsp3) is 0.667. The van der Waals surface area contributed by atoms with Crippen molar-refractivity contribution in [1.82, 2.24) is 15.5 Å². The minimum atomic E-state index is -0.193. The summed E-state index contributed by atoms with van der Waals surface area (Å²) < 4.78 is 0. The number of H-pyrrole nitrogens is 1. The molecule has 1 atom stereocenters. The van der Waals surface area contributed by atoms with Crippen molar-refractivity contribution in [2.24, 2.45) is 5.92 Å². The predicted molar refractivity (Wildman–Crippen MR) is 68.8 cm³/mol. The quantitative estimate of drug-likeness (QED) is 0.705. The van der Waals surface area contributed by atoms with E-state index < -0.39 is 0 Å². The fourth-order valence-corrected chi connectivity index (χ4v) is 1.50. The lowest BCUT2D eigenvalue weighted by molar-refractivity contribution is 0.0943. The van der Waals surface area contributed by atoms with Gasteiger partial charge in [0.15, 0.2) is 5.69 Å². The summed E-state index contributed by atoms with van der Waals surface area (Å²) in [7, 11) is 0. The first kappa shape index (κ1) is 13.5.